The van der Waals surface area contributed by atoms with Gasteiger partial charge in [0.15, 0.2) is 0 Å². The SMILES string of the molecule is C1=CSC2=C(C=NCN2)N1. The minimum atomic E-state index is 0.696. The minimum absolute atomic E-state index is 0.696. The fraction of sp³-hybridized carbons (Fsp3) is 0.167. The van der Waals surface area contributed by atoms with Crippen molar-refractivity contribution in [1.82, 2.24) is 10.6 Å². The van der Waals surface area contributed by atoms with Gasteiger partial charge in [-0.1, -0.05) is 11.8 Å². The Kier molecular flexibility index (Phi) is 1.39. The summed E-state index contributed by atoms with van der Waals surface area (Å²) in [5, 5.41) is 9.41. The lowest BCUT2D eigenvalue weighted by Gasteiger charge is -2.17. The fourth-order valence-corrected chi connectivity index (χ4v) is 1.50. The maximum atomic E-state index is 4.06. The van der Waals surface area contributed by atoms with Crippen LogP contribution in [0, 0.1) is 0 Å². The molecule has 0 bridgehead atoms. The first-order valence-electron chi connectivity index (χ1n) is 3.03. The molecule has 0 aromatic carbocycles. The molecule has 0 saturated heterocycles. The van der Waals surface area contributed by atoms with Crippen molar-refractivity contribution < 1.29 is 0 Å². The van der Waals surface area contributed by atoms with Gasteiger partial charge in [-0.15, -0.1) is 0 Å². The summed E-state index contributed by atoms with van der Waals surface area (Å²) in [6.45, 7) is 0.696. The van der Waals surface area contributed by atoms with Gasteiger partial charge in [0.25, 0.3) is 0 Å². The second-order valence-electron chi connectivity index (χ2n) is 1.95. The molecule has 0 aromatic heterocycles. The Hall–Kier alpha value is -0.900. The molecule has 2 rings (SSSR count). The van der Waals surface area contributed by atoms with E-state index in [9.17, 15) is 0 Å². The Labute approximate surface area is 63.3 Å². The molecule has 0 amide bonds. The molecule has 0 aromatic rings. The molecule has 2 aliphatic rings. The quantitative estimate of drug-likeness (QED) is 0.535. The second kappa shape index (κ2) is 2.38. The van der Waals surface area contributed by atoms with Crippen LogP contribution in [0.5, 0.6) is 0 Å². The van der Waals surface area contributed by atoms with E-state index in [0.717, 1.165) is 10.7 Å². The van der Waals surface area contributed by atoms with Crippen molar-refractivity contribution in [3.8, 4) is 0 Å². The monoisotopic (exact) mass is 153 g/mol. The number of hydrogen-bond acceptors (Lipinski definition) is 4. The van der Waals surface area contributed by atoms with Crippen LogP contribution in [-0.2, 0) is 0 Å². The van der Waals surface area contributed by atoms with E-state index in [1.165, 1.54) is 0 Å². The summed E-state index contributed by atoms with van der Waals surface area (Å²) in [4.78, 5) is 4.06. The van der Waals surface area contributed by atoms with Crippen LogP contribution in [0.1, 0.15) is 0 Å². The van der Waals surface area contributed by atoms with Gasteiger partial charge in [-0.3, -0.25) is 4.99 Å². The lowest BCUT2D eigenvalue weighted by Crippen LogP contribution is -2.24. The van der Waals surface area contributed by atoms with Crippen LogP contribution in [-0.4, -0.2) is 12.9 Å². The van der Waals surface area contributed by atoms with Gasteiger partial charge >= 0.3 is 0 Å². The molecule has 2 N–H and O–H groups in total. The highest BCUT2D eigenvalue weighted by molar-refractivity contribution is 8.05. The average Bonchev–Trinajstić information content (AvgIpc) is 2.05. The molecule has 0 fully saturated rings. The molecule has 2 aliphatic heterocycles. The van der Waals surface area contributed by atoms with Crippen LogP contribution in [0.15, 0.2) is 27.3 Å². The Morgan fingerprint density at radius 3 is 3.50 bits per heavy atom. The molecule has 0 atom stereocenters. The molecule has 0 radical (unpaired) electrons. The number of nitrogens with one attached hydrogen (secondary N) is 2. The summed E-state index contributed by atoms with van der Waals surface area (Å²) in [5.74, 6) is 0. The lowest BCUT2D eigenvalue weighted by atomic mass is 10.4. The van der Waals surface area contributed by atoms with E-state index in [2.05, 4.69) is 15.6 Å². The molecular weight excluding hydrogens is 146 g/mol. The van der Waals surface area contributed by atoms with Crippen molar-refractivity contribution in [2.24, 2.45) is 4.99 Å². The maximum absolute atomic E-state index is 4.06. The fourth-order valence-electron chi connectivity index (χ4n) is 0.842. The molecule has 3 nitrogen and oxygen atoms in total. The summed E-state index contributed by atoms with van der Waals surface area (Å²) in [6.07, 6.45) is 3.75. The van der Waals surface area contributed by atoms with Crippen LogP contribution in [0.4, 0.5) is 0 Å². The smallest absolute Gasteiger partial charge is 0.108 e. The third-order valence-electron chi connectivity index (χ3n) is 1.29. The van der Waals surface area contributed by atoms with Gasteiger partial charge < -0.3 is 10.6 Å². The Balaban J connectivity index is 2.25. The zero-order chi connectivity index (χ0) is 6.81. The zero-order valence-corrected chi connectivity index (χ0v) is 6.11. The van der Waals surface area contributed by atoms with Crippen LogP contribution in [0.25, 0.3) is 0 Å². The molecule has 2 heterocycles. The normalized spacial score (nSPS) is 21.6. The van der Waals surface area contributed by atoms with E-state index >= 15 is 0 Å². The van der Waals surface area contributed by atoms with Crippen molar-refractivity contribution in [2.45, 2.75) is 0 Å². The Bertz CT molecular complexity index is 229. The van der Waals surface area contributed by atoms with Crippen molar-refractivity contribution in [3.05, 3.63) is 22.3 Å². The van der Waals surface area contributed by atoms with Gasteiger partial charge in [0.05, 0.1) is 10.7 Å². The van der Waals surface area contributed by atoms with E-state index in [1.807, 2.05) is 17.8 Å². The molecule has 52 valence electrons. The van der Waals surface area contributed by atoms with Gasteiger partial charge in [-0.25, -0.2) is 0 Å². The van der Waals surface area contributed by atoms with E-state index < -0.39 is 0 Å². The number of rotatable bonds is 0. The van der Waals surface area contributed by atoms with E-state index in [0.29, 0.717) is 6.67 Å². The van der Waals surface area contributed by atoms with Crippen molar-refractivity contribution in [3.63, 3.8) is 0 Å². The molecule has 0 saturated carbocycles. The first kappa shape index (κ1) is 5.85. The summed E-state index contributed by atoms with van der Waals surface area (Å²) in [6, 6.07) is 0. The van der Waals surface area contributed by atoms with E-state index in [1.54, 1.807) is 11.8 Å². The van der Waals surface area contributed by atoms with Gasteiger partial charge in [0.1, 0.15) is 6.67 Å². The zero-order valence-electron chi connectivity index (χ0n) is 5.29. The summed E-state index contributed by atoms with van der Waals surface area (Å²) >= 11 is 1.68. The van der Waals surface area contributed by atoms with Crippen LogP contribution < -0.4 is 10.6 Å². The summed E-state index contributed by atoms with van der Waals surface area (Å²) in [5.41, 5.74) is 1.07. The molecule has 0 unspecified atom stereocenters. The lowest BCUT2D eigenvalue weighted by molar-refractivity contribution is 0.838. The highest BCUT2D eigenvalue weighted by Crippen LogP contribution is 2.20. The topological polar surface area (TPSA) is 36.4 Å². The Morgan fingerprint density at radius 2 is 2.60 bits per heavy atom. The predicted octanol–water partition coefficient (Wildman–Crippen LogP) is 0.595. The third kappa shape index (κ3) is 0.903. The third-order valence-corrected chi connectivity index (χ3v) is 2.16. The summed E-state index contributed by atoms with van der Waals surface area (Å²) in [7, 11) is 0. The van der Waals surface area contributed by atoms with Gasteiger partial charge in [0.2, 0.25) is 0 Å². The standard InChI is InChI=1S/C6H7N3S/c1-2-10-6-5(8-1)3-7-4-9-6/h1-3,8-9H,4H2. The van der Waals surface area contributed by atoms with E-state index in [-0.39, 0.29) is 0 Å². The minimum Gasteiger partial charge on any atom is -0.359 e. The first-order chi connectivity index (χ1) is 4.97. The number of thioether (sulfide) groups is 1. The first-order valence-corrected chi connectivity index (χ1v) is 3.91. The molecule has 0 spiro atoms. The van der Waals surface area contributed by atoms with Gasteiger partial charge in [-0.2, -0.15) is 0 Å². The average molecular weight is 153 g/mol. The highest BCUT2D eigenvalue weighted by atomic mass is 32.2. The van der Waals surface area contributed by atoms with Gasteiger partial charge in [-0.05, 0) is 5.41 Å². The van der Waals surface area contributed by atoms with Crippen molar-refractivity contribution in [2.75, 3.05) is 6.67 Å². The molecular formula is C6H7N3S. The van der Waals surface area contributed by atoms with Gasteiger partial charge in [0, 0.05) is 12.4 Å². The van der Waals surface area contributed by atoms with E-state index in [4.69, 9.17) is 0 Å². The highest BCUT2D eigenvalue weighted by Gasteiger charge is 2.08. The van der Waals surface area contributed by atoms with Crippen LogP contribution in [0.2, 0.25) is 0 Å². The number of allylic oxidation sites excluding steroid dienone is 1. The Morgan fingerprint density at radius 1 is 1.60 bits per heavy atom. The largest absolute Gasteiger partial charge is 0.359 e. The summed E-state index contributed by atoms with van der Waals surface area (Å²) < 4.78 is 0. The van der Waals surface area contributed by atoms with Crippen molar-refractivity contribution >= 4 is 18.0 Å². The number of nitrogens with zero attached hydrogens (tertiary/aromatic N) is 1. The second-order valence-corrected chi connectivity index (χ2v) is 2.87. The number of aliphatic imine (C=N–C) groups is 1. The number of hydrogen-bond donors (Lipinski definition) is 2. The maximum Gasteiger partial charge on any atom is 0.108 e. The van der Waals surface area contributed by atoms with Crippen molar-refractivity contribution in [1.29, 1.82) is 0 Å². The van der Waals surface area contributed by atoms with Crippen LogP contribution >= 0.6 is 11.8 Å². The predicted molar refractivity (Wildman–Crippen MR) is 43.4 cm³/mol. The molecule has 4 heteroatoms. The molecule has 0 aliphatic carbocycles. The van der Waals surface area contributed by atoms with Crippen LogP contribution in [0.3, 0.4) is 0 Å². The molecule has 10 heavy (non-hydrogen) atoms.